The highest BCUT2D eigenvalue weighted by atomic mass is 19.4. The third-order valence-corrected chi connectivity index (χ3v) is 6.84. The molecule has 3 N–H and O–H groups in total. The average Bonchev–Trinajstić information content (AvgIpc) is 2.68. The molecule has 0 heterocycles. The summed E-state index contributed by atoms with van der Waals surface area (Å²) in [5.41, 5.74) is 10.9. The van der Waals surface area contributed by atoms with Gasteiger partial charge in [0.25, 0.3) is 0 Å². The molecule has 0 bridgehead atoms. The number of halogens is 4. The summed E-state index contributed by atoms with van der Waals surface area (Å²) in [5, 5.41) is 3.35. The number of allylic oxidation sites excluding steroid dienone is 4. The summed E-state index contributed by atoms with van der Waals surface area (Å²) >= 11 is 0. The third-order valence-electron chi connectivity index (χ3n) is 6.84. The summed E-state index contributed by atoms with van der Waals surface area (Å²) in [6, 6.07) is 6.17. The highest BCUT2D eigenvalue weighted by Crippen LogP contribution is 2.57. The Bertz CT molecular complexity index is 879. The first-order chi connectivity index (χ1) is 13.7. The molecule has 3 aliphatic carbocycles. The van der Waals surface area contributed by atoms with Crippen LogP contribution in [0.15, 0.2) is 58.8 Å². The topological polar surface area (TPSA) is 38.0 Å². The third kappa shape index (κ3) is 3.75. The number of nitrogens with one attached hydrogen (secondary N) is 1. The van der Waals surface area contributed by atoms with Crippen LogP contribution in [-0.2, 0) is 0 Å². The predicted octanol–water partition coefficient (Wildman–Crippen LogP) is 6.10. The zero-order chi connectivity index (χ0) is 20.8. The number of anilines is 1. The Morgan fingerprint density at radius 2 is 1.93 bits per heavy atom. The minimum atomic E-state index is -4.12. The molecule has 0 spiro atoms. The zero-order valence-corrected chi connectivity index (χ0v) is 16.5. The molecule has 2 nitrogen and oxygen atoms in total. The average molecular weight is 406 g/mol. The van der Waals surface area contributed by atoms with Crippen molar-refractivity contribution in [3.8, 4) is 0 Å². The van der Waals surface area contributed by atoms with E-state index in [1.807, 2.05) is 6.08 Å². The molecule has 0 aromatic heterocycles. The van der Waals surface area contributed by atoms with Crippen LogP contribution >= 0.6 is 0 Å². The van der Waals surface area contributed by atoms with Gasteiger partial charge in [-0.1, -0.05) is 24.1 Å². The summed E-state index contributed by atoms with van der Waals surface area (Å²) in [7, 11) is 0. The van der Waals surface area contributed by atoms with Gasteiger partial charge in [-0.25, -0.2) is 4.39 Å². The second-order valence-corrected chi connectivity index (χ2v) is 8.64. The van der Waals surface area contributed by atoms with Crippen LogP contribution in [0.4, 0.5) is 23.2 Å². The van der Waals surface area contributed by atoms with Crippen LogP contribution in [0.3, 0.4) is 0 Å². The summed E-state index contributed by atoms with van der Waals surface area (Å²) in [6.07, 6.45) is 2.35. The Kier molecular flexibility index (Phi) is 5.09. The van der Waals surface area contributed by atoms with Crippen molar-refractivity contribution in [3.63, 3.8) is 0 Å². The van der Waals surface area contributed by atoms with E-state index in [2.05, 4.69) is 18.3 Å². The lowest BCUT2D eigenvalue weighted by Crippen LogP contribution is -2.39. The van der Waals surface area contributed by atoms with Gasteiger partial charge in [-0.15, -0.1) is 0 Å². The maximum Gasteiger partial charge on any atom is 0.392 e. The van der Waals surface area contributed by atoms with E-state index < -0.39 is 12.1 Å². The van der Waals surface area contributed by atoms with Crippen molar-refractivity contribution in [1.82, 2.24) is 0 Å². The Hall–Kier alpha value is -2.08. The molecule has 3 atom stereocenters. The lowest BCUT2D eigenvalue weighted by molar-refractivity contribution is -0.179. The van der Waals surface area contributed by atoms with Gasteiger partial charge in [0.15, 0.2) is 0 Å². The van der Waals surface area contributed by atoms with Gasteiger partial charge in [-0.05, 0) is 73.9 Å². The molecule has 0 saturated heterocycles. The summed E-state index contributed by atoms with van der Waals surface area (Å²) in [6.45, 7) is 2.51. The van der Waals surface area contributed by atoms with Crippen molar-refractivity contribution >= 4 is 5.69 Å². The zero-order valence-electron chi connectivity index (χ0n) is 16.5. The van der Waals surface area contributed by atoms with Crippen molar-refractivity contribution < 1.29 is 17.6 Å². The highest BCUT2D eigenvalue weighted by Gasteiger charge is 2.49. The van der Waals surface area contributed by atoms with Crippen LogP contribution in [0.25, 0.3) is 0 Å². The largest absolute Gasteiger partial charge is 0.392 e. The van der Waals surface area contributed by atoms with E-state index in [4.69, 9.17) is 5.73 Å². The first-order valence-corrected chi connectivity index (χ1v) is 10.1. The maximum absolute atomic E-state index is 13.2. The van der Waals surface area contributed by atoms with Crippen LogP contribution in [-0.4, -0.2) is 12.7 Å². The number of alkyl halides is 3. The second kappa shape index (κ2) is 7.31. The van der Waals surface area contributed by atoms with Crippen LogP contribution < -0.4 is 11.1 Å². The standard InChI is InChI=1S/C23H26F4N2/c1-22-12-15(13-28)21(29-19-7-5-18(24)6-8-19)11-16(22)3-2-14-10-17(23(25,26)27)4-9-20(14)22/h5-9,11,14,17,29H,2-4,10,12-13,28H2,1H3/t14-,17-,22+/m1/s1. The molecule has 1 fully saturated rings. The van der Waals surface area contributed by atoms with Gasteiger partial charge in [0.1, 0.15) is 5.82 Å². The molecule has 6 heteroatoms. The van der Waals surface area contributed by atoms with Crippen LogP contribution in [0.5, 0.6) is 0 Å². The molecule has 1 aromatic rings. The van der Waals surface area contributed by atoms with E-state index in [9.17, 15) is 17.6 Å². The summed E-state index contributed by atoms with van der Waals surface area (Å²) < 4.78 is 52.9. The molecule has 0 unspecified atom stereocenters. The fourth-order valence-electron chi connectivity index (χ4n) is 5.25. The molecule has 4 rings (SSSR count). The van der Waals surface area contributed by atoms with E-state index in [1.54, 1.807) is 12.1 Å². The number of benzene rings is 1. The van der Waals surface area contributed by atoms with E-state index in [0.29, 0.717) is 13.0 Å². The van der Waals surface area contributed by atoms with Crippen molar-refractivity contribution in [1.29, 1.82) is 0 Å². The Labute approximate surface area is 168 Å². The number of fused-ring (bicyclic) bond motifs is 3. The van der Waals surface area contributed by atoms with Gasteiger partial charge in [-0.3, -0.25) is 0 Å². The van der Waals surface area contributed by atoms with E-state index >= 15 is 0 Å². The quantitative estimate of drug-likeness (QED) is 0.470. The van der Waals surface area contributed by atoms with Gasteiger partial charge in [0, 0.05) is 23.3 Å². The first-order valence-electron chi connectivity index (χ1n) is 10.1. The Morgan fingerprint density at radius 3 is 2.59 bits per heavy atom. The van der Waals surface area contributed by atoms with Crippen molar-refractivity contribution in [2.45, 2.75) is 45.2 Å². The number of rotatable bonds is 3. The minimum absolute atomic E-state index is 0.0110. The maximum atomic E-state index is 13.2. The minimum Gasteiger partial charge on any atom is -0.356 e. The molecule has 156 valence electrons. The molecule has 0 radical (unpaired) electrons. The Morgan fingerprint density at radius 1 is 1.21 bits per heavy atom. The summed E-state index contributed by atoms with van der Waals surface area (Å²) in [4.78, 5) is 0. The molecule has 0 aliphatic heterocycles. The molecule has 3 aliphatic rings. The second-order valence-electron chi connectivity index (χ2n) is 8.64. The molecule has 1 saturated carbocycles. The molecule has 0 amide bonds. The summed E-state index contributed by atoms with van der Waals surface area (Å²) in [5.74, 6) is -1.53. The number of hydrogen-bond donors (Lipinski definition) is 2. The SMILES string of the molecule is C[C@]12CC(CN)=C(Nc3ccc(F)cc3)C=C1CC[C@@H]1C[C@H](C(F)(F)F)CC=C12. The van der Waals surface area contributed by atoms with Crippen molar-refractivity contribution in [2.24, 2.45) is 23.0 Å². The van der Waals surface area contributed by atoms with Gasteiger partial charge in [0.05, 0.1) is 5.92 Å². The fraction of sp³-hybridized carbons (Fsp3) is 0.478. The van der Waals surface area contributed by atoms with Crippen LogP contribution in [0.1, 0.15) is 39.0 Å². The smallest absolute Gasteiger partial charge is 0.356 e. The number of nitrogens with two attached hydrogens (primary N) is 1. The molecule has 29 heavy (non-hydrogen) atoms. The lowest BCUT2D eigenvalue weighted by Gasteiger charge is -2.49. The molecular formula is C23H26F4N2. The predicted molar refractivity (Wildman–Crippen MR) is 106 cm³/mol. The van der Waals surface area contributed by atoms with Crippen molar-refractivity contribution in [3.05, 3.63) is 64.7 Å². The van der Waals surface area contributed by atoms with E-state index in [-0.39, 0.29) is 30.0 Å². The van der Waals surface area contributed by atoms with E-state index in [0.717, 1.165) is 35.4 Å². The molecular weight excluding hydrogens is 380 g/mol. The monoisotopic (exact) mass is 406 g/mol. The lowest BCUT2D eigenvalue weighted by atomic mass is 9.56. The number of hydrogen-bond acceptors (Lipinski definition) is 2. The normalized spacial score (nSPS) is 29.6. The van der Waals surface area contributed by atoms with Crippen LogP contribution in [0, 0.1) is 23.1 Å². The van der Waals surface area contributed by atoms with E-state index in [1.165, 1.54) is 17.7 Å². The first kappa shape index (κ1) is 20.2. The van der Waals surface area contributed by atoms with Gasteiger partial charge < -0.3 is 11.1 Å². The van der Waals surface area contributed by atoms with Gasteiger partial charge in [-0.2, -0.15) is 13.2 Å². The molecule has 1 aromatic carbocycles. The van der Waals surface area contributed by atoms with Crippen LogP contribution in [0.2, 0.25) is 0 Å². The Balaban J connectivity index is 1.63. The van der Waals surface area contributed by atoms with Gasteiger partial charge in [0.2, 0.25) is 0 Å². The highest BCUT2D eigenvalue weighted by molar-refractivity contribution is 5.56. The fourth-order valence-corrected chi connectivity index (χ4v) is 5.25. The van der Waals surface area contributed by atoms with Gasteiger partial charge >= 0.3 is 6.18 Å². The van der Waals surface area contributed by atoms with Crippen molar-refractivity contribution in [2.75, 3.05) is 11.9 Å².